The number of cyclic esters (lactones) is 1. The van der Waals surface area contributed by atoms with E-state index in [-0.39, 0.29) is 11.9 Å². The minimum Gasteiger partial charge on any atom is -0.508 e. The number of hydrogen-bond donors (Lipinski definition) is 2. The van der Waals surface area contributed by atoms with Gasteiger partial charge in [-0.2, -0.15) is 0 Å². The highest BCUT2D eigenvalue weighted by Gasteiger charge is 2.26. The molecule has 1 atom stereocenters. The van der Waals surface area contributed by atoms with Gasteiger partial charge in [0.1, 0.15) is 11.9 Å². The van der Waals surface area contributed by atoms with Crippen LogP contribution in [0.5, 0.6) is 5.75 Å². The number of amides is 1. The van der Waals surface area contributed by atoms with Crippen LogP contribution in [0.3, 0.4) is 0 Å². The molecule has 0 radical (unpaired) electrons. The number of aromatic hydroxyl groups is 1. The van der Waals surface area contributed by atoms with Crippen molar-refractivity contribution in [1.29, 1.82) is 0 Å². The van der Waals surface area contributed by atoms with E-state index in [1.54, 1.807) is 12.1 Å². The molecule has 0 saturated carbocycles. The van der Waals surface area contributed by atoms with Crippen LogP contribution in [0.4, 0.5) is 4.79 Å². The van der Waals surface area contributed by atoms with Gasteiger partial charge >= 0.3 is 6.09 Å². The van der Waals surface area contributed by atoms with E-state index in [0.29, 0.717) is 12.1 Å². The van der Waals surface area contributed by atoms with E-state index in [4.69, 9.17) is 4.74 Å². The van der Waals surface area contributed by atoms with Crippen LogP contribution in [0.2, 0.25) is 0 Å². The SMILES string of the molecule is Cc1ccc(C2CNC(=O)O2)c(O)c1. The van der Waals surface area contributed by atoms with E-state index < -0.39 is 6.09 Å². The van der Waals surface area contributed by atoms with Gasteiger partial charge < -0.3 is 15.2 Å². The van der Waals surface area contributed by atoms with Gasteiger partial charge in [0.2, 0.25) is 0 Å². The molecular weight excluding hydrogens is 182 g/mol. The Morgan fingerprint density at radius 1 is 1.57 bits per heavy atom. The summed E-state index contributed by atoms with van der Waals surface area (Å²) in [5.74, 6) is 0.173. The summed E-state index contributed by atoms with van der Waals surface area (Å²) < 4.78 is 4.96. The van der Waals surface area contributed by atoms with Crippen LogP contribution >= 0.6 is 0 Å². The minimum absolute atomic E-state index is 0.173. The molecular formula is C10H11NO3. The average molecular weight is 193 g/mol. The molecule has 1 aromatic carbocycles. The average Bonchev–Trinajstić information content (AvgIpc) is 2.51. The van der Waals surface area contributed by atoms with Gasteiger partial charge in [-0.25, -0.2) is 4.79 Å². The van der Waals surface area contributed by atoms with E-state index in [1.807, 2.05) is 13.0 Å². The van der Waals surface area contributed by atoms with Crippen LogP contribution < -0.4 is 5.32 Å². The summed E-state index contributed by atoms with van der Waals surface area (Å²) in [6.45, 7) is 2.30. The van der Waals surface area contributed by atoms with E-state index in [2.05, 4.69) is 5.32 Å². The summed E-state index contributed by atoms with van der Waals surface area (Å²) in [4.78, 5) is 10.8. The fourth-order valence-corrected chi connectivity index (χ4v) is 1.49. The first kappa shape index (κ1) is 8.87. The van der Waals surface area contributed by atoms with E-state index in [9.17, 15) is 9.90 Å². The normalized spacial score (nSPS) is 20.4. The molecule has 4 heteroatoms. The van der Waals surface area contributed by atoms with E-state index in [1.165, 1.54) is 0 Å². The second-order valence-corrected chi connectivity index (χ2v) is 3.34. The molecule has 14 heavy (non-hydrogen) atoms. The van der Waals surface area contributed by atoms with Gasteiger partial charge in [-0.3, -0.25) is 0 Å². The van der Waals surface area contributed by atoms with Crippen molar-refractivity contribution in [2.75, 3.05) is 6.54 Å². The molecule has 1 heterocycles. The Kier molecular flexibility index (Phi) is 2.04. The van der Waals surface area contributed by atoms with Crippen molar-refractivity contribution in [3.8, 4) is 5.75 Å². The second-order valence-electron chi connectivity index (χ2n) is 3.34. The number of carbonyl (C=O) groups excluding carboxylic acids is 1. The van der Waals surface area contributed by atoms with Gasteiger partial charge in [-0.15, -0.1) is 0 Å². The lowest BCUT2D eigenvalue weighted by molar-refractivity contribution is 0.139. The summed E-state index contributed by atoms with van der Waals surface area (Å²) in [6.07, 6.45) is -0.807. The Balaban J connectivity index is 2.28. The molecule has 1 fully saturated rings. The first-order chi connectivity index (χ1) is 6.66. The monoisotopic (exact) mass is 193 g/mol. The topological polar surface area (TPSA) is 58.6 Å². The van der Waals surface area contributed by atoms with Crippen LogP contribution in [-0.4, -0.2) is 17.7 Å². The fraction of sp³-hybridized carbons (Fsp3) is 0.300. The molecule has 0 aromatic heterocycles. The molecule has 0 spiro atoms. The largest absolute Gasteiger partial charge is 0.508 e. The summed E-state index contributed by atoms with van der Waals surface area (Å²) >= 11 is 0. The number of nitrogens with one attached hydrogen (secondary N) is 1. The molecule has 0 bridgehead atoms. The predicted molar refractivity (Wildman–Crippen MR) is 50.1 cm³/mol. The van der Waals surface area contributed by atoms with Crippen molar-refractivity contribution in [2.24, 2.45) is 0 Å². The van der Waals surface area contributed by atoms with Crippen LogP contribution in [0.1, 0.15) is 17.2 Å². The predicted octanol–water partition coefficient (Wildman–Crippen LogP) is 1.48. The van der Waals surface area contributed by atoms with Crippen LogP contribution in [-0.2, 0) is 4.74 Å². The van der Waals surface area contributed by atoms with Gasteiger partial charge in [0.15, 0.2) is 0 Å². The molecule has 1 aliphatic heterocycles. The number of phenolic OH excluding ortho intramolecular Hbond substituents is 1. The third-order valence-electron chi connectivity index (χ3n) is 2.21. The number of carbonyl (C=O) groups is 1. The molecule has 2 N–H and O–H groups in total. The highest BCUT2D eigenvalue weighted by Crippen LogP contribution is 2.29. The molecule has 2 rings (SSSR count). The van der Waals surface area contributed by atoms with Crippen LogP contribution in [0, 0.1) is 6.92 Å². The summed E-state index contributed by atoms with van der Waals surface area (Å²) in [5, 5.41) is 12.2. The lowest BCUT2D eigenvalue weighted by Gasteiger charge is -2.10. The third kappa shape index (κ3) is 1.51. The van der Waals surface area contributed by atoms with Crippen LogP contribution in [0.15, 0.2) is 18.2 Å². The van der Waals surface area contributed by atoms with Crippen LogP contribution in [0.25, 0.3) is 0 Å². The van der Waals surface area contributed by atoms with Gasteiger partial charge in [0, 0.05) is 5.56 Å². The van der Waals surface area contributed by atoms with Crippen molar-refractivity contribution in [3.05, 3.63) is 29.3 Å². The Labute approximate surface area is 81.5 Å². The number of alkyl carbamates (subject to hydrolysis) is 1. The smallest absolute Gasteiger partial charge is 0.407 e. The Bertz CT molecular complexity index is 376. The molecule has 1 saturated heterocycles. The maximum atomic E-state index is 10.8. The lowest BCUT2D eigenvalue weighted by Crippen LogP contribution is -2.12. The third-order valence-corrected chi connectivity index (χ3v) is 2.21. The highest BCUT2D eigenvalue weighted by atomic mass is 16.6. The van der Waals surface area contributed by atoms with Gasteiger partial charge in [-0.1, -0.05) is 12.1 Å². The minimum atomic E-state index is -0.435. The zero-order chi connectivity index (χ0) is 10.1. The second kappa shape index (κ2) is 3.21. The van der Waals surface area contributed by atoms with Crippen molar-refractivity contribution in [1.82, 2.24) is 5.32 Å². The summed E-state index contributed by atoms with van der Waals surface area (Å²) in [6, 6.07) is 5.30. The first-order valence-electron chi connectivity index (χ1n) is 4.41. The Morgan fingerprint density at radius 2 is 2.36 bits per heavy atom. The number of benzene rings is 1. The highest BCUT2D eigenvalue weighted by molar-refractivity contribution is 5.70. The standard InChI is InChI=1S/C10H11NO3/c1-6-2-3-7(8(12)4-6)9-5-11-10(13)14-9/h2-4,9,12H,5H2,1H3,(H,11,13). The molecule has 1 aliphatic rings. The molecule has 0 aliphatic carbocycles. The Morgan fingerprint density at radius 3 is 2.93 bits per heavy atom. The maximum Gasteiger partial charge on any atom is 0.407 e. The number of ether oxygens (including phenoxy) is 1. The number of phenols is 1. The molecule has 1 aromatic rings. The maximum absolute atomic E-state index is 10.8. The van der Waals surface area contributed by atoms with E-state index >= 15 is 0 Å². The number of hydrogen-bond acceptors (Lipinski definition) is 3. The van der Waals surface area contributed by atoms with Crippen molar-refractivity contribution in [3.63, 3.8) is 0 Å². The first-order valence-corrected chi connectivity index (χ1v) is 4.41. The number of rotatable bonds is 1. The van der Waals surface area contributed by atoms with E-state index in [0.717, 1.165) is 5.56 Å². The summed E-state index contributed by atoms with van der Waals surface area (Å²) in [5.41, 5.74) is 1.62. The van der Waals surface area contributed by atoms with Gasteiger partial charge in [-0.05, 0) is 18.6 Å². The molecule has 1 amide bonds. The fourth-order valence-electron chi connectivity index (χ4n) is 1.49. The lowest BCUT2D eigenvalue weighted by atomic mass is 10.1. The quantitative estimate of drug-likeness (QED) is 0.710. The zero-order valence-corrected chi connectivity index (χ0v) is 7.78. The summed E-state index contributed by atoms with van der Waals surface area (Å²) in [7, 11) is 0. The number of aryl methyl sites for hydroxylation is 1. The van der Waals surface area contributed by atoms with Crippen molar-refractivity contribution >= 4 is 6.09 Å². The van der Waals surface area contributed by atoms with Gasteiger partial charge in [0.25, 0.3) is 0 Å². The van der Waals surface area contributed by atoms with Gasteiger partial charge in [0.05, 0.1) is 6.54 Å². The molecule has 74 valence electrons. The van der Waals surface area contributed by atoms with Crippen molar-refractivity contribution in [2.45, 2.75) is 13.0 Å². The zero-order valence-electron chi connectivity index (χ0n) is 7.78. The molecule has 4 nitrogen and oxygen atoms in total. The van der Waals surface area contributed by atoms with Crippen molar-refractivity contribution < 1.29 is 14.6 Å². The molecule has 1 unspecified atom stereocenters. The Hall–Kier alpha value is -1.71.